The predicted molar refractivity (Wildman–Crippen MR) is 168 cm³/mol. The summed E-state index contributed by atoms with van der Waals surface area (Å²) in [5.74, 6) is 1.36. The number of esters is 1. The first-order valence-electron chi connectivity index (χ1n) is 14.8. The van der Waals surface area contributed by atoms with Crippen molar-refractivity contribution < 1.29 is 14.3 Å². The zero-order valence-electron chi connectivity index (χ0n) is 26.6. The maximum absolute atomic E-state index is 13.1. The maximum atomic E-state index is 13.1. The highest BCUT2D eigenvalue weighted by Gasteiger charge is 2.25. The molecule has 1 rings (SSSR count). The summed E-state index contributed by atoms with van der Waals surface area (Å²) in [6.45, 7) is 16.9. The topological polar surface area (TPSA) is 88.1 Å². The fraction of sp³-hybridized carbons (Fsp3) is 0.656. The average Bonchev–Trinajstić information content (AvgIpc) is 2.91. The number of unbranched alkanes of at least 4 members (excludes halogenated alkanes) is 1. The van der Waals surface area contributed by atoms with Crippen LogP contribution in [0.1, 0.15) is 85.4 Å². The van der Waals surface area contributed by atoms with Crippen LogP contribution >= 0.6 is 0 Å². The molecular formula is C32H55N5O3. The minimum atomic E-state index is -0.585. The zero-order valence-corrected chi connectivity index (χ0v) is 26.6. The van der Waals surface area contributed by atoms with Crippen LogP contribution in [0.4, 0.5) is 5.82 Å². The van der Waals surface area contributed by atoms with E-state index < -0.39 is 11.6 Å². The fourth-order valence-electron chi connectivity index (χ4n) is 4.12. The number of ether oxygens (including phenoxy) is 2. The highest BCUT2D eigenvalue weighted by atomic mass is 16.6. The van der Waals surface area contributed by atoms with Crippen molar-refractivity contribution in [2.45, 2.75) is 98.6 Å². The van der Waals surface area contributed by atoms with Crippen LogP contribution in [0.15, 0.2) is 41.1 Å². The molecule has 0 saturated heterocycles. The number of carbonyl (C=O) groups is 1. The lowest BCUT2D eigenvalue weighted by Gasteiger charge is -2.26. The Morgan fingerprint density at radius 3 is 2.52 bits per heavy atom. The maximum Gasteiger partial charge on any atom is 0.331 e. The molecule has 8 heteroatoms. The smallest absolute Gasteiger partial charge is 0.331 e. The van der Waals surface area contributed by atoms with Gasteiger partial charge >= 0.3 is 5.97 Å². The van der Waals surface area contributed by atoms with Crippen molar-refractivity contribution in [3.63, 3.8) is 0 Å². The van der Waals surface area contributed by atoms with Crippen LogP contribution in [0.3, 0.4) is 0 Å². The van der Waals surface area contributed by atoms with Gasteiger partial charge in [0.15, 0.2) is 6.04 Å². The van der Waals surface area contributed by atoms with Gasteiger partial charge in [-0.1, -0.05) is 32.1 Å². The fourth-order valence-corrected chi connectivity index (χ4v) is 4.12. The van der Waals surface area contributed by atoms with E-state index in [4.69, 9.17) is 19.5 Å². The van der Waals surface area contributed by atoms with Crippen molar-refractivity contribution in [1.29, 1.82) is 0 Å². The normalized spacial score (nSPS) is 13.7. The van der Waals surface area contributed by atoms with E-state index in [1.165, 1.54) is 5.56 Å². The molecule has 0 amide bonds. The number of carbonyl (C=O) groups excluding carboxylic acids is 1. The van der Waals surface area contributed by atoms with Crippen molar-refractivity contribution in [1.82, 2.24) is 15.2 Å². The lowest BCUT2D eigenvalue weighted by Crippen LogP contribution is -2.36. The number of aryl methyl sites for hydroxylation is 2. The van der Waals surface area contributed by atoms with E-state index >= 15 is 0 Å². The van der Waals surface area contributed by atoms with Crippen molar-refractivity contribution in [3.8, 4) is 0 Å². The average molecular weight is 558 g/mol. The lowest BCUT2D eigenvalue weighted by atomic mass is 10.1. The van der Waals surface area contributed by atoms with Gasteiger partial charge in [0.1, 0.15) is 11.4 Å². The van der Waals surface area contributed by atoms with Crippen molar-refractivity contribution >= 4 is 17.6 Å². The third-order valence-electron chi connectivity index (χ3n) is 6.30. The third-order valence-corrected chi connectivity index (χ3v) is 6.30. The molecule has 1 heterocycles. The van der Waals surface area contributed by atoms with Gasteiger partial charge in [0.2, 0.25) is 0 Å². The number of allylic oxidation sites excluding steroid dienone is 3. The number of hydrogen-bond donors (Lipinski definition) is 2. The number of aliphatic imine (C=N–C) groups is 1. The van der Waals surface area contributed by atoms with Crippen molar-refractivity contribution in [2.24, 2.45) is 4.99 Å². The van der Waals surface area contributed by atoms with Crippen LogP contribution in [-0.4, -0.2) is 73.7 Å². The summed E-state index contributed by atoms with van der Waals surface area (Å²) < 4.78 is 11.1. The molecule has 0 aromatic carbocycles. The van der Waals surface area contributed by atoms with Gasteiger partial charge in [-0.2, -0.15) is 0 Å². The predicted octanol–water partition coefficient (Wildman–Crippen LogP) is 5.94. The largest absolute Gasteiger partial charge is 0.458 e. The molecule has 0 fully saturated rings. The van der Waals surface area contributed by atoms with Crippen LogP contribution in [0.25, 0.3) is 0 Å². The third kappa shape index (κ3) is 15.2. The SMILES string of the molecule is CC/C=C/C(C)=C\NC(C)=NC(CCN(CCCCc1ccc(CC)c(NC)n1)CCOC)C(=O)OC(C)(C)C. The van der Waals surface area contributed by atoms with Crippen LogP contribution in [-0.2, 0) is 27.1 Å². The molecule has 8 nitrogen and oxygen atoms in total. The lowest BCUT2D eigenvalue weighted by molar-refractivity contribution is -0.156. The Morgan fingerprint density at radius 1 is 1.15 bits per heavy atom. The first kappa shape index (κ1) is 35.3. The molecule has 0 bridgehead atoms. The van der Waals surface area contributed by atoms with Crippen molar-refractivity contribution in [2.75, 3.05) is 45.7 Å². The molecular weight excluding hydrogens is 502 g/mol. The molecule has 0 aliphatic heterocycles. The summed E-state index contributed by atoms with van der Waals surface area (Å²) in [6, 6.07) is 3.73. The molecule has 0 spiro atoms. The molecule has 2 N–H and O–H groups in total. The zero-order chi connectivity index (χ0) is 30.0. The Kier molecular flexibility index (Phi) is 17.1. The van der Waals surface area contributed by atoms with E-state index in [1.54, 1.807) is 7.11 Å². The molecule has 1 unspecified atom stereocenters. The summed E-state index contributed by atoms with van der Waals surface area (Å²) in [4.78, 5) is 24.9. The molecule has 0 saturated carbocycles. The molecule has 0 aliphatic carbocycles. The molecule has 0 aliphatic rings. The summed E-state index contributed by atoms with van der Waals surface area (Å²) in [7, 11) is 3.64. The van der Waals surface area contributed by atoms with Gasteiger partial charge < -0.3 is 25.0 Å². The molecule has 1 aromatic rings. The Bertz CT molecular complexity index is 966. The Balaban J connectivity index is 2.84. The number of amidine groups is 1. The highest BCUT2D eigenvalue weighted by Crippen LogP contribution is 2.16. The number of rotatable bonds is 18. The van der Waals surface area contributed by atoms with E-state index in [0.29, 0.717) is 18.9 Å². The van der Waals surface area contributed by atoms with Crippen LogP contribution in [0.5, 0.6) is 0 Å². The molecule has 0 radical (unpaired) electrons. The van der Waals surface area contributed by atoms with Crippen molar-refractivity contribution in [3.05, 3.63) is 47.3 Å². The van der Waals surface area contributed by atoms with E-state index in [1.807, 2.05) is 47.9 Å². The van der Waals surface area contributed by atoms with Crippen LogP contribution in [0, 0.1) is 0 Å². The van der Waals surface area contributed by atoms with E-state index in [2.05, 4.69) is 53.7 Å². The second-order valence-electron chi connectivity index (χ2n) is 11.1. The van der Waals surface area contributed by atoms with Gasteiger partial charge in [0.05, 0.1) is 12.4 Å². The summed E-state index contributed by atoms with van der Waals surface area (Å²) in [5, 5.41) is 6.43. The number of nitrogens with one attached hydrogen (secondary N) is 2. The molecule has 40 heavy (non-hydrogen) atoms. The minimum absolute atomic E-state index is 0.297. The van der Waals surface area contributed by atoms with Gasteiger partial charge in [0, 0.05) is 39.1 Å². The summed E-state index contributed by atoms with van der Waals surface area (Å²) in [5.41, 5.74) is 2.88. The number of pyridine rings is 1. The standard InChI is InChI=1S/C32H55N5O3/c1-10-12-15-25(3)24-34-26(4)35-29(31(38)40-32(5,6)7)19-21-37(22-23-39-9)20-14-13-16-28-18-17-27(11-2)30(33-8)36-28/h12,15,17-18,24,29H,10-11,13-14,16,19-23H2,1-9H3,(H,33,36)(H,34,35)/b15-12+,25-24-. The summed E-state index contributed by atoms with van der Waals surface area (Å²) >= 11 is 0. The number of anilines is 1. The van der Waals surface area contributed by atoms with Crippen LogP contribution in [0.2, 0.25) is 0 Å². The van der Waals surface area contributed by atoms with Gasteiger partial charge in [-0.15, -0.1) is 0 Å². The number of methoxy groups -OCH3 is 1. The highest BCUT2D eigenvalue weighted by molar-refractivity contribution is 5.85. The second-order valence-corrected chi connectivity index (χ2v) is 11.1. The first-order valence-corrected chi connectivity index (χ1v) is 14.8. The van der Waals surface area contributed by atoms with Gasteiger partial charge in [-0.3, -0.25) is 4.99 Å². The Morgan fingerprint density at radius 2 is 1.90 bits per heavy atom. The monoisotopic (exact) mass is 557 g/mol. The van der Waals surface area contributed by atoms with E-state index in [0.717, 1.165) is 68.8 Å². The molecule has 1 aromatic heterocycles. The molecule has 226 valence electrons. The Hall–Kier alpha value is -2.71. The number of aromatic nitrogens is 1. The Labute approximate surface area is 243 Å². The number of hydrogen-bond acceptors (Lipinski definition) is 7. The van der Waals surface area contributed by atoms with Gasteiger partial charge in [0.25, 0.3) is 0 Å². The van der Waals surface area contributed by atoms with E-state index in [-0.39, 0.29) is 5.97 Å². The van der Waals surface area contributed by atoms with Gasteiger partial charge in [-0.25, -0.2) is 9.78 Å². The quantitative estimate of drug-likeness (QED) is 0.0760. The first-order chi connectivity index (χ1) is 19.0. The van der Waals surface area contributed by atoms with Crippen LogP contribution < -0.4 is 10.6 Å². The summed E-state index contributed by atoms with van der Waals surface area (Å²) in [6.07, 6.45) is 11.6. The molecule has 1 atom stereocenters. The minimum Gasteiger partial charge on any atom is -0.458 e. The van der Waals surface area contributed by atoms with Gasteiger partial charge in [-0.05, 0) is 96.9 Å². The van der Waals surface area contributed by atoms with E-state index in [9.17, 15) is 4.79 Å². The number of nitrogens with zero attached hydrogens (tertiary/aromatic N) is 3. The second kappa shape index (κ2) is 19.4.